The Balaban J connectivity index is 1.81. The van der Waals surface area contributed by atoms with Crippen molar-refractivity contribution in [2.75, 3.05) is 28.3 Å². The molecule has 0 saturated carbocycles. The van der Waals surface area contributed by atoms with Crippen LogP contribution < -0.4 is 10.2 Å². The van der Waals surface area contributed by atoms with E-state index in [0.717, 1.165) is 0 Å². The molecule has 0 spiro atoms. The Bertz CT molecular complexity index is 916. The van der Waals surface area contributed by atoms with E-state index < -0.39 is 15.8 Å². The summed E-state index contributed by atoms with van der Waals surface area (Å²) in [4.78, 5) is 21.7. The van der Waals surface area contributed by atoms with Gasteiger partial charge in [-0.05, 0) is 37.6 Å². The molecule has 0 amide bonds. The van der Waals surface area contributed by atoms with E-state index in [1.165, 1.54) is 12.1 Å². The van der Waals surface area contributed by atoms with Crippen LogP contribution >= 0.6 is 0 Å². The van der Waals surface area contributed by atoms with Crippen LogP contribution in [0.4, 0.5) is 17.5 Å². The maximum absolute atomic E-state index is 11.8. The van der Waals surface area contributed by atoms with Crippen molar-refractivity contribution in [3.05, 3.63) is 42.1 Å². The first-order chi connectivity index (χ1) is 12.4. The number of aromatic nitrogens is 2. The molecule has 1 aliphatic rings. The normalized spacial score (nSPS) is 18.4. The van der Waals surface area contributed by atoms with Crippen molar-refractivity contribution in [2.45, 2.75) is 19.4 Å². The van der Waals surface area contributed by atoms with Crippen LogP contribution in [0.5, 0.6) is 0 Å². The van der Waals surface area contributed by atoms with Gasteiger partial charge in [-0.2, -0.15) is 4.98 Å². The van der Waals surface area contributed by atoms with E-state index in [2.05, 4.69) is 15.3 Å². The number of carboxylic acid groups (broad SMARTS) is 1. The minimum atomic E-state index is -3.00. The maximum Gasteiger partial charge on any atom is 0.335 e. The number of carboxylic acids is 1. The molecular formula is C17H20N4O4S. The lowest BCUT2D eigenvalue weighted by Gasteiger charge is -2.26. The molecular weight excluding hydrogens is 356 g/mol. The fourth-order valence-corrected chi connectivity index (χ4v) is 4.75. The summed E-state index contributed by atoms with van der Waals surface area (Å²) in [6, 6.07) is 7.97. The van der Waals surface area contributed by atoms with E-state index in [9.17, 15) is 13.2 Å². The minimum Gasteiger partial charge on any atom is -0.478 e. The van der Waals surface area contributed by atoms with Gasteiger partial charge in [0.1, 0.15) is 5.82 Å². The molecule has 2 aromatic rings. The predicted molar refractivity (Wildman–Crippen MR) is 98.8 cm³/mol. The van der Waals surface area contributed by atoms with Gasteiger partial charge in [-0.1, -0.05) is 6.07 Å². The Morgan fingerprint density at radius 2 is 2.19 bits per heavy atom. The lowest BCUT2D eigenvalue weighted by Crippen LogP contribution is -2.37. The lowest BCUT2D eigenvalue weighted by molar-refractivity contribution is 0.0697. The molecule has 1 aliphatic heterocycles. The Morgan fingerprint density at radius 3 is 2.85 bits per heavy atom. The smallest absolute Gasteiger partial charge is 0.335 e. The topological polar surface area (TPSA) is 112 Å². The van der Waals surface area contributed by atoms with Gasteiger partial charge in [0.15, 0.2) is 9.84 Å². The van der Waals surface area contributed by atoms with Gasteiger partial charge in [0.25, 0.3) is 0 Å². The van der Waals surface area contributed by atoms with Crippen molar-refractivity contribution >= 4 is 33.3 Å². The molecule has 26 heavy (non-hydrogen) atoms. The molecule has 1 aromatic carbocycles. The molecule has 1 unspecified atom stereocenters. The predicted octanol–water partition coefficient (Wildman–Crippen LogP) is 1.93. The number of benzene rings is 1. The van der Waals surface area contributed by atoms with E-state index >= 15 is 0 Å². The van der Waals surface area contributed by atoms with Gasteiger partial charge in [0, 0.05) is 24.5 Å². The molecule has 9 heteroatoms. The third-order valence-corrected chi connectivity index (χ3v) is 6.02. The number of nitrogens with one attached hydrogen (secondary N) is 1. The highest BCUT2D eigenvalue weighted by Gasteiger charge is 2.32. The van der Waals surface area contributed by atoms with Gasteiger partial charge in [-0.3, -0.25) is 0 Å². The molecule has 1 aromatic heterocycles. The van der Waals surface area contributed by atoms with Crippen molar-refractivity contribution in [3.8, 4) is 0 Å². The first kappa shape index (κ1) is 18.1. The zero-order valence-electron chi connectivity index (χ0n) is 14.3. The quantitative estimate of drug-likeness (QED) is 0.786. The number of anilines is 3. The summed E-state index contributed by atoms with van der Waals surface area (Å²) in [5.41, 5.74) is 0.775. The van der Waals surface area contributed by atoms with E-state index in [1.807, 2.05) is 11.8 Å². The van der Waals surface area contributed by atoms with Crippen LogP contribution in [0.15, 0.2) is 36.5 Å². The number of aromatic carboxylic acids is 1. The highest BCUT2D eigenvalue weighted by molar-refractivity contribution is 7.91. The fourth-order valence-electron chi connectivity index (χ4n) is 3.02. The number of hydrogen-bond acceptors (Lipinski definition) is 7. The van der Waals surface area contributed by atoms with Crippen LogP contribution in [0.2, 0.25) is 0 Å². The zero-order valence-corrected chi connectivity index (χ0v) is 15.1. The van der Waals surface area contributed by atoms with Gasteiger partial charge in [-0.25, -0.2) is 18.2 Å². The average molecular weight is 376 g/mol. The van der Waals surface area contributed by atoms with Crippen LogP contribution in [0.3, 0.4) is 0 Å². The van der Waals surface area contributed by atoms with Crippen molar-refractivity contribution in [1.82, 2.24) is 9.97 Å². The van der Waals surface area contributed by atoms with Crippen LogP contribution in [0.25, 0.3) is 0 Å². The van der Waals surface area contributed by atoms with Crippen LogP contribution in [0, 0.1) is 0 Å². The second-order valence-electron chi connectivity index (χ2n) is 6.10. The monoisotopic (exact) mass is 376 g/mol. The van der Waals surface area contributed by atoms with E-state index in [0.29, 0.717) is 30.4 Å². The van der Waals surface area contributed by atoms with Gasteiger partial charge < -0.3 is 15.3 Å². The number of carbonyl (C=O) groups is 1. The lowest BCUT2D eigenvalue weighted by atomic mass is 10.2. The summed E-state index contributed by atoms with van der Waals surface area (Å²) in [7, 11) is -3.00. The maximum atomic E-state index is 11.8. The molecule has 2 heterocycles. The van der Waals surface area contributed by atoms with Crippen molar-refractivity contribution in [1.29, 1.82) is 0 Å². The van der Waals surface area contributed by atoms with E-state index in [-0.39, 0.29) is 23.1 Å². The van der Waals surface area contributed by atoms with Gasteiger partial charge in [0.2, 0.25) is 5.95 Å². The number of sulfone groups is 1. The first-order valence-electron chi connectivity index (χ1n) is 8.28. The third kappa shape index (κ3) is 4.10. The Labute approximate surface area is 151 Å². The van der Waals surface area contributed by atoms with Crippen molar-refractivity contribution in [3.63, 3.8) is 0 Å². The summed E-state index contributed by atoms with van der Waals surface area (Å²) < 4.78 is 23.5. The highest BCUT2D eigenvalue weighted by Crippen LogP contribution is 2.23. The SMILES string of the molecule is CCN(c1nccc(Nc2cccc(C(=O)O)c2)n1)C1CCS(=O)(=O)C1. The molecule has 0 radical (unpaired) electrons. The Hall–Kier alpha value is -2.68. The molecule has 0 aliphatic carbocycles. The Morgan fingerprint density at radius 1 is 1.38 bits per heavy atom. The van der Waals surface area contributed by atoms with Gasteiger partial charge in [0.05, 0.1) is 17.1 Å². The fraction of sp³-hybridized carbons (Fsp3) is 0.353. The van der Waals surface area contributed by atoms with Gasteiger partial charge >= 0.3 is 5.97 Å². The van der Waals surface area contributed by atoms with E-state index in [4.69, 9.17) is 5.11 Å². The summed E-state index contributed by atoms with van der Waals surface area (Å²) in [5, 5.41) is 12.1. The molecule has 8 nitrogen and oxygen atoms in total. The molecule has 1 saturated heterocycles. The number of nitrogens with zero attached hydrogens (tertiary/aromatic N) is 3. The van der Waals surface area contributed by atoms with E-state index in [1.54, 1.807) is 24.4 Å². The minimum absolute atomic E-state index is 0.114. The zero-order chi connectivity index (χ0) is 18.7. The summed E-state index contributed by atoms with van der Waals surface area (Å²) in [5.74, 6) is 0.263. The van der Waals surface area contributed by atoms with Crippen LogP contribution in [0.1, 0.15) is 23.7 Å². The number of hydrogen-bond donors (Lipinski definition) is 2. The third-order valence-electron chi connectivity index (χ3n) is 4.27. The second kappa shape index (κ2) is 7.28. The molecule has 0 bridgehead atoms. The standard InChI is InChI=1S/C17H20N4O4S/c1-2-21(14-7-9-26(24,25)11-14)17-18-8-6-15(20-17)19-13-5-3-4-12(10-13)16(22)23/h3-6,8,10,14H,2,7,9,11H2,1H3,(H,22,23)(H,18,19,20). The van der Waals surface area contributed by atoms with Crippen molar-refractivity contribution < 1.29 is 18.3 Å². The molecule has 138 valence electrons. The van der Waals surface area contributed by atoms with Crippen LogP contribution in [-0.4, -0.2) is 53.6 Å². The summed E-state index contributed by atoms with van der Waals surface area (Å²) in [6.07, 6.45) is 2.16. The second-order valence-corrected chi connectivity index (χ2v) is 8.32. The molecule has 1 fully saturated rings. The molecule has 1 atom stereocenters. The summed E-state index contributed by atoms with van der Waals surface area (Å²) >= 11 is 0. The van der Waals surface area contributed by atoms with Crippen LogP contribution in [-0.2, 0) is 9.84 Å². The Kier molecular flexibility index (Phi) is 5.08. The molecule has 3 rings (SSSR count). The average Bonchev–Trinajstić information content (AvgIpc) is 2.96. The highest BCUT2D eigenvalue weighted by atomic mass is 32.2. The number of rotatable bonds is 6. The largest absolute Gasteiger partial charge is 0.478 e. The summed E-state index contributed by atoms with van der Waals surface area (Å²) in [6.45, 7) is 2.53. The van der Waals surface area contributed by atoms with Crippen molar-refractivity contribution in [2.24, 2.45) is 0 Å². The molecule has 2 N–H and O–H groups in total. The van der Waals surface area contributed by atoms with Gasteiger partial charge in [-0.15, -0.1) is 0 Å². The first-order valence-corrected chi connectivity index (χ1v) is 10.1.